The fourth-order valence-corrected chi connectivity index (χ4v) is 3.55. The average molecular weight is 268 g/mol. The molecule has 2 nitrogen and oxygen atoms in total. The van der Waals surface area contributed by atoms with Gasteiger partial charge in [-0.15, -0.1) is 23.5 Å². The first kappa shape index (κ1) is 10.5. The highest BCUT2D eigenvalue weighted by atomic mass is 79.9. The lowest BCUT2D eigenvalue weighted by atomic mass is 10.6. The Morgan fingerprint density at radius 1 is 1.58 bits per heavy atom. The fourth-order valence-electron chi connectivity index (χ4n) is 0.776. The van der Waals surface area contributed by atoms with Gasteiger partial charge in [0.15, 0.2) is 0 Å². The SMILES string of the molecule is C=C(Br)CNC(=O)C1SCCS1. The minimum atomic E-state index is 0.0943. The topological polar surface area (TPSA) is 29.1 Å². The van der Waals surface area contributed by atoms with E-state index in [1.807, 2.05) is 0 Å². The van der Waals surface area contributed by atoms with E-state index in [0.717, 1.165) is 16.0 Å². The molecule has 1 aliphatic rings. The summed E-state index contributed by atoms with van der Waals surface area (Å²) in [7, 11) is 0. The molecule has 1 rings (SSSR count). The first-order valence-electron chi connectivity index (χ1n) is 3.54. The number of carbonyl (C=O) groups excluding carboxylic acids is 1. The molecular weight excluding hydrogens is 258 g/mol. The van der Waals surface area contributed by atoms with Gasteiger partial charge >= 0.3 is 0 Å². The predicted octanol–water partition coefficient (Wildman–Crippen LogP) is 1.82. The maximum atomic E-state index is 11.3. The van der Waals surface area contributed by atoms with Crippen LogP contribution in [-0.4, -0.2) is 28.5 Å². The largest absolute Gasteiger partial charge is 0.350 e. The van der Waals surface area contributed by atoms with Crippen molar-refractivity contribution in [2.75, 3.05) is 18.1 Å². The number of rotatable bonds is 3. The Hall–Kier alpha value is 0.390. The molecule has 0 aliphatic carbocycles. The van der Waals surface area contributed by atoms with Gasteiger partial charge in [-0.2, -0.15) is 0 Å². The van der Waals surface area contributed by atoms with Gasteiger partial charge in [-0.05, 0) is 0 Å². The van der Waals surface area contributed by atoms with E-state index < -0.39 is 0 Å². The van der Waals surface area contributed by atoms with Gasteiger partial charge in [0.25, 0.3) is 0 Å². The molecule has 68 valence electrons. The number of thioether (sulfide) groups is 2. The van der Waals surface area contributed by atoms with Crippen LogP contribution >= 0.6 is 39.5 Å². The van der Waals surface area contributed by atoms with Crippen LogP contribution in [0.4, 0.5) is 0 Å². The van der Waals surface area contributed by atoms with Gasteiger partial charge < -0.3 is 5.32 Å². The minimum absolute atomic E-state index is 0.0943. The van der Waals surface area contributed by atoms with E-state index in [1.165, 1.54) is 0 Å². The zero-order valence-corrected chi connectivity index (χ0v) is 9.73. The molecule has 12 heavy (non-hydrogen) atoms. The van der Waals surface area contributed by atoms with E-state index in [-0.39, 0.29) is 10.5 Å². The van der Waals surface area contributed by atoms with Crippen LogP contribution in [0.2, 0.25) is 0 Å². The summed E-state index contributed by atoms with van der Waals surface area (Å²) in [6, 6.07) is 0. The number of hydrogen-bond acceptors (Lipinski definition) is 3. The maximum Gasteiger partial charge on any atom is 0.243 e. The molecule has 0 aromatic rings. The summed E-state index contributed by atoms with van der Waals surface area (Å²) in [4.78, 5) is 11.3. The van der Waals surface area contributed by atoms with Crippen molar-refractivity contribution in [1.29, 1.82) is 0 Å². The third-order valence-electron chi connectivity index (χ3n) is 1.29. The van der Waals surface area contributed by atoms with Gasteiger partial charge in [-0.3, -0.25) is 4.79 Å². The molecule has 0 atom stereocenters. The van der Waals surface area contributed by atoms with Gasteiger partial charge in [0, 0.05) is 22.5 Å². The minimum Gasteiger partial charge on any atom is -0.350 e. The number of carbonyl (C=O) groups is 1. The number of nitrogens with one attached hydrogen (secondary N) is 1. The highest BCUT2D eigenvalue weighted by Crippen LogP contribution is 2.31. The molecule has 0 saturated carbocycles. The summed E-state index contributed by atoms with van der Waals surface area (Å²) in [6.45, 7) is 4.17. The van der Waals surface area contributed by atoms with Crippen molar-refractivity contribution in [2.24, 2.45) is 0 Å². The average Bonchev–Trinajstić information content (AvgIpc) is 2.51. The highest BCUT2D eigenvalue weighted by molar-refractivity contribution is 9.11. The zero-order valence-electron chi connectivity index (χ0n) is 6.51. The van der Waals surface area contributed by atoms with Gasteiger partial charge in [-0.1, -0.05) is 22.5 Å². The molecule has 1 saturated heterocycles. The standard InChI is InChI=1S/C7H10BrNOS2/c1-5(8)4-9-6(10)7-11-2-3-12-7/h7H,1-4H2,(H,9,10). The first-order chi connectivity index (χ1) is 5.70. The summed E-state index contributed by atoms with van der Waals surface area (Å²) in [5.74, 6) is 2.28. The molecule has 5 heteroatoms. The number of halogens is 1. The van der Waals surface area contributed by atoms with Crippen molar-refractivity contribution in [3.05, 3.63) is 11.1 Å². The van der Waals surface area contributed by atoms with Crippen LogP contribution < -0.4 is 5.32 Å². The Balaban J connectivity index is 2.23. The third kappa shape index (κ3) is 3.41. The van der Waals surface area contributed by atoms with Crippen molar-refractivity contribution >= 4 is 45.4 Å². The van der Waals surface area contributed by atoms with E-state index in [1.54, 1.807) is 23.5 Å². The maximum absolute atomic E-state index is 11.3. The van der Waals surface area contributed by atoms with Crippen LogP contribution in [0.3, 0.4) is 0 Å². The van der Waals surface area contributed by atoms with E-state index in [2.05, 4.69) is 27.8 Å². The lowest BCUT2D eigenvalue weighted by Gasteiger charge is -2.07. The molecule has 0 aromatic carbocycles. The molecule has 0 aromatic heterocycles. The van der Waals surface area contributed by atoms with Crippen LogP contribution in [0, 0.1) is 0 Å². The summed E-state index contributed by atoms with van der Waals surface area (Å²) in [5.41, 5.74) is 0. The van der Waals surface area contributed by atoms with Gasteiger partial charge in [-0.25, -0.2) is 0 Å². The summed E-state index contributed by atoms with van der Waals surface area (Å²) < 4.78 is 0.903. The second-order valence-electron chi connectivity index (χ2n) is 2.31. The lowest BCUT2D eigenvalue weighted by Crippen LogP contribution is -2.30. The quantitative estimate of drug-likeness (QED) is 0.846. The van der Waals surface area contributed by atoms with Gasteiger partial charge in [0.2, 0.25) is 5.91 Å². The van der Waals surface area contributed by atoms with E-state index in [4.69, 9.17) is 0 Å². The Kier molecular flexibility index (Phi) is 4.53. The fraction of sp³-hybridized carbons (Fsp3) is 0.571. The monoisotopic (exact) mass is 267 g/mol. The van der Waals surface area contributed by atoms with Crippen molar-refractivity contribution in [3.63, 3.8) is 0 Å². The van der Waals surface area contributed by atoms with Crippen molar-refractivity contribution in [1.82, 2.24) is 5.32 Å². The molecule has 0 unspecified atom stereocenters. The van der Waals surface area contributed by atoms with Crippen LogP contribution in [0.25, 0.3) is 0 Å². The van der Waals surface area contributed by atoms with Crippen LogP contribution in [0.1, 0.15) is 0 Å². The highest BCUT2D eigenvalue weighted by Gasteiger charge is 2.23. The van der Waals surface area contributed by atoms with Gasteiger partial charge in [0.05, 0.1) is 0 Å². The van der Waals surface area contributed by atoms with Crippen molar-refractivity contribution in [2.45, 2.75) is 4.58 Å². The number of amides is 1. The zero-order chi connectivity index (χ0) is 8.97. The summed E-state index contributed by atoms with van der Waals surface area (Å²) in [5, 5.41) is 2.80. The van der Waals surface area contributed by atoms with E-state index in [0.29, 0.717) is 6.54 Å². The third-order valence-corrected chi connectivity index (χ3v) is 4.56. The second kappa shape index (κ2) is 5.19. The molecule has 0 radical (unpaired) electrons. The van der Waals surface area contributed by atoms with Gasteiger partial charge in [0.1, 0.15) is 4.58 Å². The van der Waals surface area contributed by atoms with Crippen LogP contribution in [0.15, 0.2) is 11.1 Å². The summed E-state index contributed by atoms with van der Waals surface area (Å²) >= 11 is 6.60. The number of hydrogen-bond donors (Lipinski definition) is 1. The Bertz CT molecular complexity index is 192. The van der Waals surface area contributed by atoms with E-state index in [9.17, 15) is 4.79 Å². The second-order valence-corrected chi connectivity index (χ2v) is 6.15. The molecule has 1 fully saturated rings. The molecular formula is C7H10BrNOS2. The molecule has 1 heterocycles. The van der Waals surface area contributed by atoms with Crippen molar-refractivity contribution < 1.29 is 4.79 Å². The summed E-state index contributed by atoms with van der Waals surface area (Å²) in [6.07, 6.45) is 0. The lowest BCUT2D eigenvalue weighted by molar-refractivity contribution is -0.118. The Morgan fingerprint density at radius 3 is 2.67 bits per heavy atom. The van der Waals surface area contributed by atoms with Crippen molar-refractivity contribution in [3.8, 4) is 0 Å². The molecule has 1 aliphatic heterocycles. The molecule has 0 spiro atoms. The van der Waals surface area contributed by atoms with Crippen LogP contribution in [0.5, 0.6) is 0 Å². The predicted molar refractivity (Wildman–Crippen MR) is 59.8 cm³/mol. The first-order valence-corrected chi connectivity index (χ1v) is 6.43. The molecule has 1 amide bonds. The normalized spacial score (nSPS) is 17.8. The van der Waals surface area contributed by atoms with Crippen LogP contribution in [-0.2, 0) is 4.79 Å². The smallest absolute Gasteiger partial charge is 0.243 e. The van der Waals surface area contributed by atoms with E-state index >= 15 is 0 Å². The Morgan fingerprint density at radius 2 is 2.17 bits per heavy atom. The molecule has 1 N–H and O–H groups in total. The Labute approximate surface area is 89.1 Å². The molecule has 0 bridgehead atoms.